The van der Waals surface area contributed by atoms with Gasteiger partial charge in [0.1, 0.15) is 24.2 Å². The minimum absolute atomic E-state index is 0.234. The lowest BCUT2D eigenvalue weighted by molar-refractivity contribution is 0.0256. The molecule has 2 aromatic carbocycles. The summed E-state index contributed by atoms with van der Waals surface area (Å²) in [5, 5.41) is 11.2. The smallest absolute Gasteiger partial charge is 0.119 e. The monoisotopic (exact) mass is 434 g/mol. The Labute approximate surface area is 183 Å². The normalized spacial score (nSPS) is 15.9. The average molecular weight is 435 g/mol. The molecule has 1 unspecified atom stereocenters. The van der Waals surface area contributed by atoms with E-state index in [1.807, 2.05) is 24.3 Å². The average Bonchev–Trinajstić information content (AvgIpc) is 2.78. The first-order valence-electron chi connectivity index (χ1n) is 10.3. The van der Waals surface area contributed by atoms with Crippen LogP contribution in [0.2, 0.25) is 5.02 Å². The number of hydrogen-bond donors (Lipinski definition) is 1. The molecule has 0 radical (unpaired) electrons. The lowest BCUT2D eigenvalue weighted by Gasteiger charge is -2.31. The Morgan fingerprint density at radius 1 is 1.07 bits per heavy atom. The highest BCUT2D eigenvalue weighted by Gasteiger charge is 2.16. The minimum Gasteiger partial charge on any atom is -0.497 e. The maximum absolute atomic E-state index is 10.6. The van der Waals surface area contributed by atoms with Gasteiger partial charge >= 0.3 is 0 Å². The van der Waals surface area contributed by atoms with Gasteiger partial charge in [0, 0.05) is 44.3 Å². The van der Waals surface area contributed by atoms with Gasteiger partial charge in [-0.25, -0.2) is 0 Å². The van der Waals surface area contributed by atoms with E-state index in [1.54, 1.807) is 19.2 Å². The van der Waals surface area contributed by atoms with E-state index >= 15 is 0 Å². The van der Waals surface area contributed by atoms with Gasteiger partial charge in [0.25, 0.3) is 0 Å². The van der Waals surface area contributed by atoms with Crippen molar-refractivity contribution in [3.63, 3.8) is 0 Å². The van der Waals surface area contributed by atoms with Gasteiger partial charge in [-0.2, -0.15) is 0 Å². The fraction of sp³-hybridized carbons (Fsp3) is 0.478. The lowest BCUT2D eigenvalue weighted by atomic mass is 10.2. The number of halogens is 1. The summed E-state index contributed by atoms with van der Waals surface area (Å²) in [4.78, 5) is 4.67. The first-order valence-corrected chi connectivity index (χ1v) is 10.7. The molecule has 0 aromatic heterocycles. The molecule has 164 valence electrons. The second kappa shape index (κ2) is 12.1. The van der Waals surface area contributed by atoms with E-state index in [2.05, 4.69) is 21.9 Å². The highest BCUT2D eigenvalue weighted by atomic mass is 35.5. The van der Waals surface area contributed by atoms with Crippen LogP contribution in [0.3, 0.4) is 0 Å². The van der Waals surface area contributed by atoms with Gasteiger partial charge in [-0.05, 0) is 42.0 Å². The van der Waals surface area contributed by atoms with Gasteiger partial charge in [-0.3, -0.25) is 9.80 Å². The maximum atomic E-state index is 10.6. The van der Waals surface area contributed by atoms with Crippen LogP contribution in [-0.2, 0) is 11.3 Å². The second-order valence-corrected chi connectivity index (χ2v) is 7.89. The van der Waals surface area contributed by atoms with Crippen LogP contribution in [-0.4, -0.2) is 80.7 Å². The molecule has 0 spiro atoms. The molecule has 3 rings (SSSR count). The van der Waals surface area contributed by atoms with Crippen molar-refractivity contribution < 1.29 is 19.3 Å². The van der Waals surface area contributed by atoms with Crippen LogP contribution in [0.1, 0.15) is 5.56 Å². The fourth-order valence-corrected chi connectivity index (χ4v) is 3.53. The molecule has 1 heterocycles. The molecule has 1 fully saturated rings. The van der Waals surface area contributed by atoms with Crippen LogP contribution in [0, 0.1) is 0 Å². The number of aliphatic hydroxyl groups excluding tert-OH is 1. The third-order valence-electron chi connectivity index (χ3n) is 5.13. The summed E-state index contributed by atoms with van der Waals surface area (Å²) >= 11 is 5.91. The van der Waals surface area contributed by atoms with Crippen LogP contribution >= 0.6 is 11.6 Å². The molecule has 0 amide bonds. The van der Waals surface area contributed by atoms with Gasteiger partial charge in [-0.1, -0.05) is 23.7 Å². The molecule has 1 aliphatic rings. The SMILES string of the molecule is COc1ccc(CN(CCN2CCOCC2)CC(O)COc2ccc(Cl)cc2)cc1. The molecule has 6 nitrogen and oxygen atoms in total. The molecule has 7 heteroatoms. The summed E-state index contributed by atoms with van der Waals surface area (Å²) in [6.07, 6.45) is -0.594. The standard InChI is InChI=1S/C23H31ClN2O4/c1-28-22-6-2-19(3-7-22)16-26(11-10-25-12-14-29-15-13-25)17-21(27)18-30-23-8-4-20(24)5-9-23/h2-9,21,27H,10-18H2,1H3. The summed E-state index contributed by atoms with van der Waals surface area (Å²) < 4.78 is 16.4. The summed E-state index contributed by atoms with van der Waals surface area (Å²) in [7, 11) is 1.67. The zero-order valence-corrected chi connectivity index (χ0v) is 18.3. The topological polar surface area (TPSA) is 54.4 Å². The number of hydrogen-bond acceptors (Lipinski definition) is 6. The Morgan fingerprint density at radius 2 is 1.73 bits per heavy atom. The molecule has 0 saturated carbocycles. The van der Waals surface area contributed by atoms with E-state index in [1.165, 1.54) is 5.56 Å². The number of morpholine rings is 1. The van der Waals surface area contributed by atoms with Crippen LogP contribution in [0.15, 0.2) is 48.5 Å². The largest absolute Gasteiger partial charge is 0.497 e. The van der Waals surface area contributed by atoms with Crippen molar-refractivity contribution in [1.82, 2.24) is 9.80 Å². The fourth-order valence-electron chi connectivity index (χ4n) is 3.41. The van der Waals surface area contributed by atoms with Crippen LogP contribution in [0.5, 0.6) is 11.5 Å². The first kappa shape index (κ1) is 22.8. The number of benzene rings is 2. The predicted octanol–water partition coefficient (Wildman–Crippen LogP) is 2.92. The van der Waals surface area contributed by atoms with E-state index in [-0.39, 0.29) is 6.61 Å². The number of ether oxygens (including phenoxy) is 3. The summed E-state index contributed by atoms with van der Waals surface area (Å²) in [6.45, 7) is 6.83. The molecule has 1 saturated heterocycles. The number of rotatable bonds is 11. The van der Waals surface area contributed by atoms with Gasteiger partial charge in [-0.15, -0.1) is 0 Å². The third-order valence-corrected chi connectivity index (χ3v) is 5.38. The van der Waals surface area contributed by atoms with E-state index < -0.39 is 6.10 Å². The van der Waals surface area contributed by atoms with Crippen LogP contribution in [0.25, 0.3) is 0 Å². The molecular formula is C23H31ClN2O4. The molecular weight excluding hydrogens is 404 g/mol. The molecule has 0 bridgehead atoms. The van der Waals surface area contributed by atoms with Crippen molar-refractivity contribution in [2.24, 2.45) is 0 Å². The number of aliphatic hydroxyl groups is 1. The van der Waals surface area contributed by atoms with Crippen molar-refractivity contribution in [3.8, 4) is 11.5 Å². The molecule has 1 atom stereocenters. The van der Waals surface area contributed by atoms with Crippen molar-refractivity contribution in [2.75, 3.05) is 59.7 Å². The number of nitrogens with zero attached hydrogens (tertiary/aromatic N) is 2. The highest BCUT2D eigenvalue weighted by molar-refractivity contribution is 6.30. The molecule has 1 aliphatic heterocycles. The first-order chi connectivity index (χ1) is 14.6. The summed E-state index contributed by atoms with van der Waals surface area (Å²) in [5.41, 5.74) is 1.18. The summed E-state index contributed by atoms with van der Waals surface area (Å²) in [6, 6.07) is 15.2. The van der Waals surface area contributed by atoms with E-state index in [0.29, 0.717) is 17.3 Å². The highest BCUT2D eigenvalue weighted by Crippen LogP contribution is 2.16. The Kier molecular flexibility index (Phi) is 9.24. The van der Waals surface area contributed by atoms with Crippen LogP contribution in [0.4, 0.5) is 0 Å². The predicted molar refractivity (Wildman–Crippen MR) is 118 cm³/mol. The Bertz CT molecular complexity index is 736. The van der Waals surface area contributed by atoms with E-state index in [4.69, 9.17) is 25.8 Å². The Balaban J connectivity index is 1.54. The van der Waals surface area contributed by atoms with Gasteiger partial charge in [0.2, 0.25) is 0 Å². The zero-order chi connectivity index (χ0) is 21.2. The van der Waals surface area contributed by atoms with Crippen LogP contribution < -0.4 is 9.47 Å². The van der Waals surface area contributed by atoms with Gasteiger partial charge in [0.05, 0.1) is 20.3 Å². The summed E-state index contributed by atoms with van der Waals surface area (Å²) in [5.74, 6) is 1.54. The maximum Gasteiger partial charge on any atom is 0.119 e. The lowest BCUT2D eigenvalue weighted by Crippen LogP contribution is -2.43. The van der Waals surface area contributed by atoms with Gasteiger partial charge < -0.3 is 19.3 Å². The minimum atomic E-state index is -0.594. The number of methoxy groups -OCH3 is 1. The zero-order valence-electron chi connectivity index (χ0n) is 17.5. The Morgan fingerprint density at radius 3 is 2.40 bits per heavy atom. The Hall–Kier alpha value is -1.83. The molecule has 0 aliphatic carbocycles. The third kappa shape index (κ3) is 7.78. The quantitative estimate of drug-likeness (QED) is 0.587. The van der Waals surface area contributed by atoms with Gasteiger partial charge in [0.15, 0.2) is 0 Å². The molecule has 30 heavy (non-hydrogen) atoms. The second-order valence-electron chi connectivity index (χ2n) is 7.46. The van der Waals surface area contributed by atoms with Crippen molar-refractivity contribution in [2.45, 2.75) is 12.6 Å². The van der Waals surface area contributed by atoms with Crippen molar-refractivity contribution in [1.29, 1.82) is 0 Å². The van der Waals surface area contributed by atoms with E-state index in [0.717, 1.165) is 51.7 Å². The van der Waals surface area contributed by atoms with Crippen molar-refractivity contribution >= 4 is 11.6 Å². The molecule has 2 aromatic rings. The molecule has 1 N–H and O–H groups in total. The van der Waals surface area contributed by atoms with Crippen molar-refractivity contribution in [3.05, 3.63) is 59.1 Å². The van der Waals surface area contributed by atoms with E-state index in [9.17, 15) is 5.11 Å².